The van der Waals surface area contributed by atoms with E-state index in [-0.39, 0.29) is 5.56 Å². The molecule has 0 amide bonds. The fourth-order valence-corrected chi connectivity index (χ4v) is 1.45. The first-order valence-corrected chi connectivity index (χ1v) is 5.47. The van der Waals surface area contributed by atoms with Gasteiger partial charge in [-0.05, 0) is 34.7 Å². The molecule has 2 aromatic heterocycles. The van der Waals surface area contributed by atoms with Crippen LogP contribution >= 0.6 is 22.6 Å². The second kappa shape index (κ2) is 4.52. The Kier molecular flexibility index (Phi) is 3.10. The minimum absolute atomic E-state index is 0.100. The van der Waals surface area contributed by atoms with Crippen molar-refractivity contribution in [1.29, 1.82) is 0 Å². The van der Waals surface area contributed by atoms with Crippen LogP contribution in [0.3, 0.4) is 0 Å². The summed E-state index contributed by atoms with van der Waals surface area (Å²) in [5.74, 6) is 0.638. The first-order chi connectivity index (χ1) is 7.25. The molecule has 4 nitrogen and oxygen atoms in total. The number of aromatic amines is 1. The van der Waals surface area contributed by atoms with E-state index in [4.69, 9.17) is 0 Å². The molecular weight excluding hydrogens is 305 g/mol. The van der Waals surface area contributed by atoms with Gasteiger partial charge >= 0.3 is 0 Å². The number of hydrogen-bond acceptors (Lipinski definition) is 3. The van der Waals surface area contributed by atoms with E-state index < -0.39 is 0 Å². The van der Waals surface area contributed by atoms with Gasteiger partial charge < -0.3 is 4.98 Å². The van der Waals surface area contributed by atoms with E-state index in [1.54, 1.807) is 12.4 Å². The van der Waals surface area contributed by atoms with Crippen LogP contribution < -0.4 is 5.56 Å². The van der Waals surface area contributed by atoms with Crippen LogP contribution in [-0.2, 0) is 6.42 Å². The van der Waals surface area contributed by atoms with Gasteiger partial charge in [-0.15, -0.1) is 0 Å². The molecule has 0 fully saturated rings. The molecular formula is C10H8IN3O. The van der Waals surface area contributed by atoms with E-state index in [1.807, 2.05) is 40.8 Å². The van der Waals surface area contributed by atoms with Crippen LogP contribution in [0.25, 0.3) is 0 Å². The fraction of sp³-hybridized carbons (Fsp3) is 0.100. The number of H-pyrrole nitrogens is 1. The Hall–Kier alpha value is -1.24. The normalized spacial score (nSPS) is 10.2. The van der Waals surface area contributed by atoms with Crippen molar-refractivity contribution < 1.29 is 0 Å². The number of nitrogens with one attached hydrogen (secondary N) is 1. The quantitative estimate of drug-likeness (QED) is 0.852. The summed E-state index contributed by atoms with van der Waals surface area (Å²) in [5.41, 5.74) is 0.790. The molecule has 0 radical (unpaired) electrons. The Morgan fingerprint density at radius 3 is 2.87 bits per heavy atom. The zero-order valence-corrected chi connectivity index (χ0v) is 9.93. The molecule has 0 saturated carbocycles. The highest BCUT2D eigenvalue weighted by atomic mass is 127. The van der Waals surface area contributed by atoms with Gasteiger partial charge in [0.05, 0.1) is 3.57 Å². The second-order valence-corrected chi connectivity index (χ2v) is 4.17. The summed E-state index contributed by atoms with van der Waals surface area (Å²) in [6.07, 6.45) is 3.84. The molecule has 0 aliphatic rings. The number of rotatable bonds is 2. The molecule has 76 valence electrons. The Labute approximate surface area is 99.9 Å². The van der Waals surface area contributed by atoms with Gasteiger partial charge in [-0.3, -0.25) is 9.78 Å². The average molecular weight is 313 g/mol. The van der Waals surface area contributed by atoms with Crippen LogP contribution in [0.1, 0.15) is 11.5 Å². The molecule has 2 aromatic rings. The van der Waals surface area contributed by atoms with Gasteiger partial charge in [-0.2, -0.15) is 0 Å². The number of halogens is 1. The molecule has 0 atom stereocenters. The van der Waals surface area contributed by atoms with Gasteiger partial charge in [0.1, 0.15) is 5.82 Å². The average Bonchev–Trinajstić information content (AvgIpc) is 2.25. The SMILES string of the molecule is O=c1[nH]c(Cc2ccccn2)ncc1I. The largest absolute Gasteiger partial charge is 0.309 e. The maximum absolute atomic E-state index is 11.3. The predicted molar refractivity (Wildman–Crippen MR) is 64.6 cm³/mol. The van der Waals surface area contributed by atoms with Crippen molar-refractivity contribution in [3.05, 3.63) is 56.0 Å². The zero-order valence-electron chi connectivity index (χ0n) is 7.77. The zero-order chi connectivity index (χ0) is 10.7. The van der Waals surface area contributed by atoms with Gasteiger partial charge in [0.25, 0.3) is 5.56 Å². The lowest BCUT2D eigenvalue weighted by molar-refractivity contribution is 0.911. The third-order valence-electron chi connectivity index (χ3n) is 1.88. The van der Waals surface area contributed by atoms with Gasteiger partial charge in [0.2, 0.25) is 0 Å². The lowest BCUT2D eigenvalue weighted by atomic mass is 10.2. The van der Waals surface area contributed by atoms with E-state index >= 15 is 0 Å². The van der Waals surface area contributed by atoms with Crippen LogP contribution in [0.2, 0.25) is 0 Å². The number of hydrogen-bond donors (Lipinski definition) is 1. The van der Waals surface area contributed by atoms with E-state index in [2.05, 4.69) is 15.0 Å². The highest BCUT2D eigenvalue weighted by molar-refractivity contribution is 14.1. The molecule has 15 heavy (non-hydrogen) atoms. The van der Waals surface area contributed by atoms with Crippen molar-refractivity contribution in [2.45, 2.75) is 6.42 Å². The van der Waals surface area contributed by atoms with Crippen LogP contribution in [0.15, 0.2) is 35.4 Å². The summed E-state index contributed by atoms with van der Waals surface area (Å²) in [6, 6.07) is 5.67. The molecule has 0 aliphatic heterocycles. The minimum Gasteiger partial charge on any atom is -0.309 e. The maximum Gasteiger partial charge on any atom is 0.264 e. The molecule has 0 unspecified atom stereocenters. The van der Waals surface area contributed by atoms with Crippen molar-refractivity contribution in [1.82, 2.24) is 15.0 Å². The first kappa shape index (κ1) is 10.3. The topological polar surface area (TPSA) is 58.6 Å². The van der Waals surface area contributed by atoms with Crippen molar-refractivity contribution in [3.8, 4) is 0 Å². The highest BCUT2D eigenvalue weighted by Crippen LogP contribution is 2.01. The molecule has 2 heterocycles. The molecule has 0 spiro atoms. The monoisotopic (exact) mass is 313 g/mol. The van der Waals surface area contributed by atoms with Gasteiger partial charge in [-0.25, -0.2) is 4.98 Å². The number of nitrogens with zero attached hydrogens (tertiary/aromatic N) is 2. The third-order valence-corrected chi connectivity index (χ3v) is 2.65. The smallest absolute Gasteiger partial charge is 0.264 e. The second-order valence-electron chi connectivity index (χ2n) is 3.00. The summed E-state index contributed by atoms with van der Waals surface area (Å²) in [5, 5.41) is 0. The lowest BCUT2D eigenvalue weighted by Crippen LogP contribution is -2.14. The summed E-state index contributed by atoms with van der Waals surface area (Å²) in [4.78, 5) is 22.3. The summed E-state index contributed by atoms with van der Waals surface area (Å²) in [7, 11) is 0. The summed E-state index contributed by atoms with van der Waals surface area (Å²) in [6.45, 7) is 0. The molecule has 2 rings (SSSR count). The van der Waals surface area contributed by atoms with Crippen LogP contribution in [0, 0.1) is 3.57 Å². The molecule has 0 aliphatic carbocycles. The Morgan fingerprint density at radius 1 is 1.33 bits per heavy atom. The molecule has 0 bridgehead atoms. The molecule has 0 saturated heterocycles. The summed E-state index contributed by atoms with van der Waals surface area (Å²) >= 11 is 1.95. The standard InChI is InChI=1S/C10H8IN3O/c11-8-6-13-9(14-10(8)15)5-7-3-1-2-4-12-7/h1-4,6H,5H2,(H,13,14,15). The van der Waals surface area contributed by atoms with Gasteiger partial charge in [0.15, 0.2) is 0 Å². The van der Waals surface area contributed by atoms with Gasteiger partial charge in [0, 0.05) is 24.5 Å². The van der Waals surface area contributed by atoms with Crippen molar-refractivity contribution in [2.24, 2.45) is 0 Å². The van der Waals surface area contributed by atoms with Crippen molar-refractivity contribution in [3.63, 3.8) is 0 Å². The third kappa shape index (κ3) is 2.62. The Balaban J connectivity index is 2.26. The van der Waals surface area contributed by atoms with E-state index in [0.29, 0.717) is 15.8 Å². The molecule has 5 heteroatoms. The lowest BCUT2D eigenvalue weighted by Gasteiger charge is -1.99. The minimum atomic E-state index is -0.100. The highest BCUT2D eigenvalue weighted by Gasteiger charge is 2.01. The van der Waals surface area contributed by atoms with Crippen LogP contribution in [0.4, 0.5) is 0 Å². The predicted octanol–water partition coefficient (Wildman–Crippen LogP) is 1.36. The van der Waals surface area contributed by atoms with Crippen molar-refractivity contribution >= 4 is 22.6 Å². The van der Waals surface area contributed by atoms with E-state index in [9.17, 15) is 4.79 Å². The van der Waals surface area contributed by atoms with E-state index in [0.717, 1.165) is 5.69 Å². The summed E-state index contributed by atoms with van der Waals surface area (Å²) < 4.78 is 0.595. The fourth-order valence-electron chi connectivity index (χ4n) is 1.18. The number of pyridine rings is 1. The molecule has 1 N–H and O–H groups in total. The number of aromatic nitrogens is 3. The van der Waals surface area contributed by atoms with Gasteiger partial charge in [-0.1, -0.05) is 6.07 Å². The molecule has 0 aromatic carbocycles. The Morgan fingerprint density at radius 2 is 2.20 bits per heavy atom. The van der Waals surface area contributed by atoms with Crippen molar-refractivity contribution in [2.75, 3.05) is 0 Å². The van der Waals surface area contributed by atoms with Crippen LogP contribution in [-0.4, -0.2) is 15.0 Å². The Bertz CT molecular complexity index is 510. The first-order valence-electron chi connectivity index (χ1n) is 4.39. The van der Waals surface area contributed by atoms with E-state index in [1.165, 1.54) is 0 Å². The van der Waals surface area contributed by atoms with Crippen LogP contribution in [0.5, 0.6) is 0 Å². The maximum atomic E-state index is 11.3.